The lowest BCUT2D eigenvalue weighted by atomic mass is 10.1. The summed E-state index contributed by atoms with van der Waals surface area (Å²) in [5.41, 5.74) is 2.02. The van der Waals surface area contributed by atoms with Crippen molar-refractivity contribution in [1.29, 1.82) is 0 Å². The number of carbonyl (C=O) groups is 1. The van der Waals surface area contributed by atoms with Crippen LogP contribution in [-0.2, 0) is 9.53 Å². The summed E-state index contributed by atoms with van der Waals surface area (Å²) in [6.45, 7) is 3.47. The Hall–Kier alpha value is -1.75. The monoisotopic (exact) mass is 379 g/mol. The first kappa shape index (κ1) is 18.1. The van der Waals surface area contributed by atoms with Gasteiger partial charge in [-0.25, -0.2) is 0 Å². The molecule has 0 spiro atoms. The minimum Gasteiger partial charge on any atom is -0.484 e. The number of hydrogen-bond acceptors (Lipinski definition) is 3. The SMILES string of the molecule is Cc1ccc(OCC(=O)N2CCOC(c3cc(Cl)cc(Cl)c3)C2)cc1. The number of ether oxygens (including phenoxy) is 2. The van der Waals surface area contributed by atoms with E-state index in [1.165, 1.54) is 0 Å². The third-order valence-electron chi connectivity index (χ3n) is 4.06. The average Bonchev–Trinajstić information content (AvgIpc) is 2.60. The Morgan fingerprint density at radius 1 is 1.20 bits per heavy atom. The van der Waals surface area contributed by atoms with E-state index in [1.54, 1.807) is 11.0 Å². The highest BCUT2D eigenvalue weighted by Crippen LogP contribution is 2.28. The van der Waals surface area contributed by atoms with Crippen LogP contribution in [0.25, 0.3) is 0 Å². The molecular weight excluding hydrogens is 361 g/mol. The summed E-state index contributed by atoms with van der Waals surface area (Å²) in [7, 11) is 0. The highest BCUT2D eigenvalue weighted by Gasteiger charge is 2.26. The lowest BCUT2D eigenvalue weighted by molar-refractivity contribution is -0.141. The van der Waals surface area contributed by atoms with Gasteiger partial charge in [-0.2, -0.15) is 0 Å². The third kappa shape index (κ3) is 4.88. The molecule has 1 saturated heterocycles. The molecule has 1 amide bonds. The molecule has 0 bridgehead atoms. The van der Waals surface area contributed by atoms with Crippen molar-refractivity contribution < 1.29 is 14.3 Å². The van der Waals surface area contributed by atoms with Gasteiger partial charge in [0.25, 0.3) is 5.91 Å². The minimum absolute atomic E-state index is 0.00603. The van der Waals surface area contributed by atoms with Crippen LogP contribution in [0.5, 0.6) is 5.75 Å². The first-order chi connectivity index (χ1) is 12.0. The quantitative estimate of drug-likeness (QED) is 0.795. The summed E-state index contributed by atoms with van der Waals surface area (Å²) in [6.07, 6.45) is -0.242. The van der Waals surface area contributed by atoms with Crippen LogP contribution in [0.4, 0.5) is 0 Å². The van der Waals surface area contributed by atoms with Crippen molar-refractivity contribution >= 4 is 29.1 Å². The van der Waals surface area contributed by atoms with Crippen LogP contribution in [0.2, 0.25) is 10.0 Å². The molecule has 2 aromatic rings. The van der Waals surface area contributed by atoms with E-state index >= 15 is 0 Å². The van der Waals surface area contributed by atoms with E-state index < -0.39 is 0 Å². The molecule has 1 aliphatic heterocycles. The van der Waals surface area contributed by atoms with Gasteiger partial charge in [0.05, 0.1) is 13.2 Å². The van der Waals surface area contributed by atoms with Gasteiger partial charge in [0.1, 0.15) is 11.9 Å². The lowest BCUT2D eigenvalue weighted by Crippen LogP contribution is -2.44. The number of benzene rings is 2. The molecule has 3 rings (SSSR count). The lowest BCUT2D eigenvalue weighted by Gasteiger charge is -2.33. The molecule has 2 aromatic carbocycles. The fourth-order valence-electron chi connectivity index (χ4n) is 2.71. The Kier molecular flexibility index (Phi) is 5.84. The van der Waals surface area contributed by atoms with Crippen LogP contribution < -0.4 is 4.74 Å². The maximum Gasteiger partial charge on any atom is 0.260 e. The molecule has 1 unspecified atom stereocenters. The highest BCUT2D eigenvalue weighted by atomic mass is 35.5. The fraction of sp³-hybridized carbons (Fsp3) is 0.316. The maximum absolute atomic E-state index is 12.4. The topological polar surface area (TPSA) is 38.8 Å². The number of morpholine rings is 1. The molecule has 1 heterocycles. The summed E-state index contributed by atoms with van der Waals surface area (Å²) >= 11 is 12.1. The summed E-state index contributed by atoms with van der Waals surface area (Å²) < 4.78 is 11.4. The first-order valence-corrected chi connectivity index (χ1v) is 8.82. The van der Waals surface area contributed by atoms with Crippen LogP contribution in [0.1, 0.15) is 17.2 Å². The van der Waals surface area contributed by atoms with Gasteiger partial charge in [-0.3, -0.25) is 4.79 Å². The number of halogens is 2. The van der Waals surface area contributed by atoms with Crippen molar-refractivity contribution in [3.63, 3.8) is 0 Å². The van der Waals surface area contributed by atoms with Crippen molar-refractivity contribution in [2.75, 3.05) is 26.3 Å². The highest BCUT2D eigenvalue weighted by molar-refractivity contribution is 6.34. The van der Waals surface area contributed by atoms with Gasteiger partial charge < -0.3 is 14.4 Å². The average molecular weight is 380 g/mol. The molecule has 0 N–H and O–H groups in total. The van der Waals surface area contributed by atoms with E-state index in [0.717, 1.165) is 11.1 Å². The van der Waals surface area contributed by atoms with Crippen LogP contribution in [0.3, 0.4) is 0 Å². The first-order valence-electron chi connectivity index (χ1n) is 8.06. The Morgan fingerprint density at radius 2 is 1.88 bits per heavy atom. The molecule has 0 radical (unpaired) electrons. The minimum atomic E-state index is -0.242. The second-order valence-corrected chi connectivity index (χ2v) is 6.88. The molecule has 0 aliphatic carbocycles. The normalized spacial score (nSPS) is 17.4. The van der Waals surface area contributed by atoms with Crippen LogP contribution in [-0.4, -0.2) is 37.1 Å². The summed E-state index contributed by atoms with van der Waals surface area (Å²) in [5, 5.41) is 1.11. The van der Waals surface area contributed by atoms with Crippen molar-refractivity contribution in [3.05, 3.63) is 63.6 Å². The molecule has 1 atom stereocenters. The Balaban J connectivity index is 1.60. The zero-order chi connectivity index (χ0) is 17.8. The van der Waals surface area contributed by atoms with E-state index in [9.17, 15) is 4.79 Å². The van der Waals surface area contributed by atoms with Gasteiger partial charge in [-0.1, -0.05) is 40.9 Å². The van der Waals surface area contributed by atoms with Gasteiger partial charge >= 0.3 is 0 Å². The molecule has 6 heteroatoms. The number of carbonyl (C=O) groups excluding carboxylic acids is 1. The smallest absolute Gasteiger partial charge is 0.260 e. The molecule has 1 fully saturated rings. The van der Waals surface area contributed by atoms with Crippen molar-refractivity contribution in [3.8, 4) is 5.75 Å². The summed E-state index contributed by atoms with van der Waals surface area (Å²) in [4.78, 5) is 14.2. The van der Waals surface area contributed by atoms with Gasteiger partial charge in [-0.15, -0.1) is 0 Å². The van der Waals surface area contributed by atoms with Gasteiger partial charge in [0, 0.05) is 16.6 Å². The molecule has 4 nitrogen and oxygen atoms in total. The van der Waals surface area contributed by atoms with Gasteiger partial charge in [0.2, 0.25) is 0 Å². The van der Waals surface area contributed by atoms with E-state index in [0.29, 0.717) is 35.5 Å². The third-order valence-corrected chi connectivity index (χ3v) is 4.50. The molecular formula is C19H19Cl2NO3. The Labute approximate surface area is 157 Å². The maximum atomic E-state index is 12.4. The van der Waals surface area contributed by atoms with Crippen molar-refractivity contribution in [2.45, 2.75) is 13.0 Å². The second-order valence-electron chi connectivity index (χ2n) is 6.00. The molecule has 0 aromatic heterocycles. The number of nitrogens with zero attached hydrogens (tertiary/aromatic N) is 1. The zero-order valence-electron chi connectivity index (χ0n) is 13.9. The predicted octanol–water partition coefficient (Wildman–Crippen LogP) is 4.28. The van der Waals surface area contributed by atoms with Gasteiger partial charge in [0.15, 0.2) is 6.61 Å². The number of rotatable bonds is 4. The summed E-state index contributed by atoms with van der Waals surface area (Å²) in [6, 6.07) is 12.9. The van der Waals surface area contributed by atoms with Crippen LogP contribution in [0.15, 0.2) is 42.5 Å². The Morgan fingerprint density at radius 3 is 2.56 bits per heavy atom. The van der Waals surface area contributed by atoms with Crippen molar-refractivity contribution in [2.24, 2.45) is 0 Å². The van der Waals surface area contributed by atoms with Gasteiger partial charge in [-0.05, 0) is 42.8 Å². The van der Waals surface area contributed by atoms with Crippen LogP contribution in [0, 0.1) is 6.92 Å². The summed E-state index contributed by atoms with van der Waals surface area (Å²) in [5.74, 6) is 0.618. The standard InChI is InChI=1S/C19H19Cl2NO3/c1-13-2-4-17(5-3-13)25-12-19(23)22-6-7-24-18(11-22)14-8-15(20)10-16(21)9-14/h2-5,8-10,18H,6-7,11-12H2,1H3. The van der Waals surface area contributed by atoms with E-state index in [2.05, 4.69) is 0 Å². The molecule has 0 saturated carbocycles. The zero-order valence-corrected chi connectivity index (χ0v) is 15.4. The fourth-order valence-corrected chi connectivity index (χ4v) is 3.25. The second kappa shape index (κ2) is 8.09. The largest absolute Gasteiger partial charge is 0.484 e. The predicted molar refractivity (Wildman–Crippen MR) is 98.4 cm³/mol. The van der Waals surface area contributed by atoms with Crippen LogP contribution >= 0.6 is 23.2 Å². The Bertz CT molecular complexity index is 729. The van der Waals surface area contributed by atoms with E-state index in [1.807, 2.05) is 43.3 Å². The molecule has 25 heavy (non-hydrogen) atoms. The number of hydrogen-bond donors (Lipinski definition) is 0. The molecule has 1 aliphatic rings. The van der Waals surface area contributed by atoms with Crippen molar-refractivity contribution in [1.82, 2.24) is 4.90 Å². The van der Waals surface area contributed by atoms with E-state index in [4.69, 9.17) is 32.7 Å². The number of aryl methyl sites for hydroxylation is 1. The molecule has 132 valence electrons. The van der Waals surface area contributed by atoms with E-state index in [-0.39, 0.29) is 18.6 Å². The number of amides is 1.